The van der Waals surface area contributed by atoms with E-state index in [1.165, 1.54) is 6.07 Å². The maximum atomic E-state index is 15.0. The van der Waals surface area contributed by atoms with E-state index in [0.717, 1.165) is 19.2 Å². The fourth-order valence-corrected chi connectivity index (χ4v) is 4.01. The second kappa shape index (κ2) is 7.17. The Morgan fingerprint density at radius 1 is 1.21 bits per heavy atom. The Morgan fingerprint density at radius 2 is 1.83 bits per heavy atom. The molecule has 0 radical (unpaired) electrons. The number of methoxy groups -OCH3 is 1. The molecule has 2 fully saturated rings. The van der Waals surface area contributed by atoms with Crippen molar-refractivity contribution in [1.29, 1.82) is 0 Å². The monoisotopic (exact) mass is 487 g/mol. The third kappa shape index (κ3) is 3.62. The Kier molecular flexibility index (Phi) is 5.42. The summed E-state index contributed by atoms with van der Waals surface area (Å²) in [6.45, 7) is -0.821. The summed E-state index contributed by atoms with van der Waals surface area (Å²) in [5.74, 6) is -9.30. The van der Waals surface area contributed by atoms with E-state index in [-0.39, 0.29) is 4.47 Å². The molecule has 1 heterocycles. The number of hydrogen-bond acceptors (Lipinski definition) is 3. The van der Waals surface area contributed by atoms with Gasteiger partial charge in [-0.1, -0.05) is 15.9 Å². The zero-order valence-corrected chi connectivity index (χ0v) is 16.6. The van der Waals surface area contributed by atoms with Gasteiger partial charge in [0.1, 0.15) is 17.3 Å². The minimum absolute atomic E-state index is 0.228. The Morgan fingerprint density at radius 3 is 2.31 bits per heavy atom. The van der Waals surface area contributed by atoms with Crippen molar-refractivity contribution in [3.05, 3.63) is 34.1 Å². The van der Waals surface area contributed by atoms with Crippen molar-refractivity contribution in [3.63, 3.8) is 0 Å². The van der Waals surface area contributed by atoms with E-state index in [9.17, 15) is 27.2 Å². The number of halogens is 7. The summed E-state index contributed by atoms with van der Waals surface area (Å²) >= 11 is 2.95. The van der Waals surface area contributed by atoms with Gasteiger partial charge in [-0.2, -0.15) is 13.2 Å². The second-order valence-corrected chi connectivity index (χ2v) is 8.17. The number of carbonyl (C=O) groups is 2. The van der Waals surface area contributed by atoms with Crippen LogP contribution in [0.3, 0.4) is 0 Å². The van der Waals surface area contributed by atoms with Crippen LogP contribution in [0.4, 0.5) is 26.3 Å². The van der Waals surface area contributed by atoms with Crippen molar-refractivity contribution in [2.45, 2.75) is 37.4 Å². The number of benzene rings is 1. The lowest BCUT2D eigenvalue weighted by atomic mass is 9.92. The molecule has 11 heteroatoms. The third-order valence-electron chi connectivity index (χ3n) is 5.54. The lowest BCUT2D eigenvalue weighted by Crippen LogP contribution is -2.49. The molecule has 1 amide bonds. The smallest absolute Gasteiger partial charge is 0.403 e. The van der Waals surface area contributed by atoms with Crippen LogP contribution in [0.1, 0.15) is 24.8 Å². The average Bonchev–Trinajstić information content (AvgIpc) is 3.32. The van der Waals surface area contributed by atoms with Crippen LogP contribution < -0.4 is 0 Å². The Balaban J connectivity index is 1.93. The van der Waals surface area contributed by atoms with E-state index in [4.69, 9.17) is 0 Å². The molecule has 29 heavy (non-hydrogen) atoms. The van der Waals surface area contributed by atoms with E-state index >= 15 is 8.78 Å². The summed E-state index contributed by atoms with van der Waals surface area (Å²) < 4.78 is 88.8. The first kappa shape index (κ1) is 21.9. The summed E-state index contributed by atoms with van der Waals surface area (Å²) in [4.78, 5) is 25.1. The molecular formula is C18H16BrF6NO3. The van der Waals surface area contributed by atoms with Crippen LogP contribution in [0.5, 0.6) is 0 Å². The topological polar surface area (TPSA) is 46.6 Å². The van der Waals surface area contributed by atoms with E-state index < -0.39 is 78.5 Å². The molecule has 1 aromatic carbocycles. The molecular weight excluding hydrogens is 472 g/mol. The number of rotatable bonds is 4. The van der Waals surface area contributed by atoms with E-state index in [1.807, 2.05) is 0 Å². The van der Waals surface area contributed by atoms with E-state index in [1.54, 1.807) is 0 Å². The molecule has 0 N–H and O–H groups in total. The van der Waals surface area contributed by atoms with Crippen LogP contribution in [-0.2, 0) is 20.2 Å². The number of ether oxygens (including phenoxy) is 1. The van der Waals surface area contributed by atoms with Crippen molar-refractivity contribution in [3.8, 4) is 0 Å². The molecule has 4 nitrogen and oxygen atoms in total. The predicted molar refractivity (Wildman–Crippen MR) is 91.3 cm³/mol. The van der Waals surface area contributed by atoms with Gasteiger partial charge in [0.25, 0.3) is 5.92 Å². The van der Waals surface area contributed by atoms with Gasteiger partial charge < -0.3 is 9.64 Å². The zero-order valence-electron chi connectivity index (χ0n) is 15.0. The van der Waals surface area contributed by atoms with E-state index in [0.29, 0.717) is 4.90 Å². The largest absolute Gasteiger partial charge is 0.467 e. The van der Waals surface area contributed by atoms with Gasteiger partial charge in [-0.3, -0.25) is 4.79 Å². The lowest BCUT2D eigenvalue weighted by Gasteiger charge is -2.29. The molecule has 160 valence electrons. The summed E-state index contributed by atoms with van der Waals surface area (Å²) in [5.41, 5.74) is -3.62. The molecule has 1 aliphatic carbocycles. The van der Waals surface area contributed by atoms with Gasteiger partial charge in [0.2, 0.25) is 5.91 Å². The van der Waals surface area contributed by atoms with Gasteiger partial charge >= 0.3 is 12.1 Å². The first-order valence-corrected chi connectivity index (χ1v) is 9.43. The quantitative estimate of drug-likeness (QED) is 0.466. The van der Waals surface area contributed by atoms with Crippen LogP contribution in [-0.4, -0.2) is 42.6 Å². The molecule has 1 saturated heterocycles. The van der Waals surface area contributed by atoms with Crippen molar-refractivity contribution in [2.75, 3.05) is 13.7 Å². The predicted octanol–water partition coefficient (Wildman–Crippen LogP) is 4.41. The van der Waals surface area contributed by atoms with Crippen LogP contribution in [0, 0.1) is 17.2 Å². The molecule has 2 atom stereocenters. The number of amides is 1. The third-order valence-corrected chi connectivity index (χ3v) is 6.03. The van der Waals surface area contributed by atoms with Crippen molar-refractivity contribution in [2.24, 2.45) is 11.3 Å². The first-order chi connectivity index (χ1) is 13.3. The van der Waals surface area contributed by atoms with Gasteiger partial charge in [0.15, 0.2) is 0 Å². The zero-order chi connectivity index (χ0) is 21.8. The highest BCUT2D eigenvalue weighted by atomic mass is 79.9. The number of nitrogens with zero attached hydrogens (tertiary/aromatic N) is 1. The Labute approximate surface area is 170 Å². The summed E-state index contributed by atoms with van der Waals surface area (Å²) in [5, 5.41) is 0. The fourth-order valence-electron chi connectivity index (χ4n) is 3.68. The molecule has 0 aromatic heterocycles. The maximum absolute atomic E-state index is 15.0. The van der Waals surface area contributed by atoms with Crippen molar-refractivity contribution < 1.29 is 40.7 Å². The first-order valence-electron chi connectivity index (χ1n) is 8.64. The number of likely N-dealkylation sites (tertiary alicyclic amines) is 1. The van der Waals surface area contributed by atoms with Crippen LogP contribution in [0.15, 0.2) is 22.7 Å². The minimum Gasteiger partial charge on any atom is -0.467 e. The second-order valence-electron chi connectivity index (χ2n) is 7.26. The number of alkyl halides is 5. The van der Waals surface area contributed by atoms with Gasteiger partial charge in [0, 0.05) is 16.9 Å². The summed E-state index contributed by atoms with van der Waals surface area (Å²) in [7, 11) is 0.946. The van der Waals surface area contributed by atoms with Crippen molar-refractivity contribution in [1.82, 2.24) is 4.90 Å². The Bertz CT molecular complexity index is 839. The van der Waals surface area contributed by atoms with Gasteiger partial charge in [0.05, 0.1) is 12.7 Å². The van der Waals surface area contributed by atoms with Gasteiger partial charge in [-0.15, -0.1) is 0 Å². The maximum Gasteiger partial charge on any atom is 0.403 e. The highest BCUT2D eigenvalue weighted by molar-refractivity contribution is 9.10. The molecule has 1 aromatic rings. The minimum atomic E-state index is -4.86. The van der Waals surface area contributed by atoms with E-state index in [2.05, 4.69) is 20.7 Å². The van der Waals surface area contributed by atoms with Crippen molar-refractivity contribution >= 4 is 27.8 Å². The van der Waals surface area contributed by atoms with Crippen LogP contribution >= 0.6 is 15.9 Å². The summed E-state index contributed by atoms with van der Waals surface area (Å²) in [6, 6.07) is 1.29. The number of esters is 1. The van der Waals surface area contributed by atoms with Gasteiger partial charge in [-0.25, -0.2) is 18.0 Å². The highest BCUT2D eigenvalue weighted by Gasteiger charge is 2.71. The van der Waals surface area contributed by atoms with Crippen LogP contribution in [0.2, 0.25) is 0 Å². The highest BCUT2D eigenvalue weighted by Crippen LogP contribution is 2.59. The average molecular weight is 488 g/mol. The molecule has 1 saturated carbocycles. The standard InChI is InChI=1S/C18H16BrF6NO3/c1-29-14(27)13-6-9(17(21,22)11-3-2-10(19)7-12(11)20)8-26(13)15(28)16(4-5-16)18(23,24)25/h2-3,7,9,13H,4-6,8H2,1H3/t9?,13-/m0/s1. The number of carbonyl (C=O) groups excluding carboxylic acids is 2. The molecule has 3 rings (SSSR count). The fraction of sp³-hybridized carbons (Fsp3) is 0.556. The lowest BCUT2D eigenvalue weighted by molar-refractivity contribution is -0.200. The molecule has 1 aliphatic heterocycles. The molecule has 1 unspecified atom stereocenters. The molecule has 0 spiro atoms. The number of hydrogen-bond donors (Lipinski definition) is 0. The van der Waals surface area contributed by atoms with Crippen LogP contribution in [0.25, 0.3) is 0 Å². The summed E-state index contributed by atoms with van der Waals surface area (Å²) in [6.07, 6.45) is -6.44. The van der Waals surface area contributed by atoms with Gasteiger partial charge in [-0.05, 0) is 37.5 Å². The normalized spacial score (nSPS) is 23.8. The molecule has 2 aliphatic rings. The SMILES string of the molecule is COC(=O)[C@@H]1CC(C(F)(F)c2ccc(Br)cc2F)CN1C(=O)C1(C(F)(F)F)CC1. The Hall–Kier alpha value is -1.78. The molecule has 0 bridgehead atoms.